The van der Waals surface area contributed by atoms with Crippen LogP contribution in [0.5, 0.6) is 5.88 Å². The molecule has 0 fully saturated rings. The number of aromatic nitrogens is 4. The summed E-state index contributed by atoms with van der Waals surface area (Å²) in [5, 5.41) is 9.29. The second-order valence-corrected chi connectivity index (χ2v) is 4.95. The number of aromatic amines is 1. The molecule has 0 spiro atoms. The maximum atomic E-state index is 12.1. The molecule has 0 saturated heterocycles. The summed E-state index contributed by atoms with van der Waals surface area (Å²) < 4.78 is 4.95. The van der Waals surface area contributed by atoms with Crippen LogP contribution in [0.2, 0.25) is 5.15 Å². The fourth-order valence-corrected chi connectivity index (χ4v) is 1.87. The van der Waals surface area contributed by atoms with Crippen LogP contribution >= 0.6 is 11.6 Å². The summed E-state index contributed by atoms with van der Waals surface area (Å²) in [6, 6.07) is 1.43. The smallest absolute Gasteiger partial charge is 0.280 e. The Morgan fingerprint density at radius 3 is 2.76 bits per heavy atom. The number of H-pyrrole nitrogens is 1. The minimum atomic E-state index is -0.528. The zero-order valence-electron chi connectivity index (χ0n) is 11.8. The normalized spacial score (nSPS) is 10.7. The maximum absolute atomic E-state index is 12.1. The molecule has 0 saturated carbocycles. The number of nitrogens with two attached hydrogens (primary N) is 1. The first-order valence-corrected chi connectivity index (χ1v) is 6.53. The molecule has 1 amide bonds. The number of nitrogens with one attached hydrogen (secondary N) is 2. The highest BCUT2D eigenvalue weighted by atomic mass is 35.5. The molecule has 2 aromatic heterocycles. The average Bonchev–Trinajstić information content (AvgIpc) is 2.80. The number of methoxy groups -OCH3 is 1. The number of carbonyl (C=O) groups excluding carboxylic acids is 1. The average molecular weight is 311 g/mol. The molecule has 0 unspecified atom stereocenters. The van der Waals surface area contributed by atoms with Crippen molar-refractivity contribution >= 4 is 29.1 Å². The van der Waals surface area contributed by atoms with Gasteiger partial charge in [-0.2, -0.15) is 10.1 Å². The molecule has 112 valence electrons. The molecule has 4 N–H and O–H groups in total. The highest BCUT2D eigenvalue weighted by Crippen LogP contribution is 2.23. The summed E-state index contributed by atoms with van der Waals surface area (Å²) in [6.07, 6.45) is 0. The minimum Gasteiger partial charge on any atom is -0.481 e. The zero-order chi connectivity index (χ0) is 15.6. The van der Waals surface area contributed by atoms with E-state index in [1.165, 1.54) is 13.2 Å². The number of ether oxygens (including phenoxy) is 1. The van der Waals surface area contributed by atoms with Crippen molar-refractivity contribution in [3.63, 3.8) is 0 Å². The van der Waals surface area contributed by atoms with Gasteiger partial charge in [-0.25, -0.2) is 4.98 Å². The molecule has 0 bridgehead atoms. The van der Waals surface area contributed by atoms with Gasteiger partial charge in [0.05, 0.1) is 18.5 Å². The van der Waals surface area contributed by atoms with Crippen molar-refractivity contribution in [2.75, 3.05) is 18.2 Å². The van der Waals surface area contributed by atoms with Crippen LogP contribution in [0, 0.1) is 0 Å². The van der Waals surface area contributed by atoms with Crippen LogP contribution in [0.3, 0.4) is 0 Å². The highest BCUT2D eigenvalue weighted by molar-refractivity contribution is 6.29. The van der Waals surface area contributed by atoms with Crippen LogP contribution in [0.4, 0.5) is 11.6 Å². The molecule has 0 aromatic carbocycles. The summed E-state index contributed by atoms with van der Waals surface area (Å²) in [4.78, 5) is 20.0. The molecule has 0 radical (unpaired) electrons. The van der Waals surface area contributed by atoms with E-state index in [4.69, 9.17) is 22.1 Å². The van der Waals surface area contributed by atoms with Crippen LogP contribution in [0.1, 0.15) is 35.9 Å². The number of rotatable bonds is 4. The Balaban J connectivity index is 2.24. The van der Waals surface area contributed by atoms with Gasteiger partial charge in [0.2, 0.25) is 11.8 Å². The van der Waals surface area contributed by atoms with E-state index in [0.717, 1.165) is 0 Å². The summed E-state index contributed by atoms with van der Waals surface area (Å²) in [6.45, 7) is 3.88. The van der Waals surface area contributed by atoms with E-state index in [0.29, 0.717) is 11.4 Å². The Kier molecular flexibility index (Phi) is 4.27. The molecule has 21 heavy (non-hydrogen) atoms. The fourth-order valence-electron chi connectivity index (χ4n) is 1.70. The van der Waals surface area contributed by atoms with Crippen LogP contribution in [0.25, 0.3) is 0 Å². The number of anilines is 2. The van der Waals surface area contributed by atoms with E-state index in [1.54, 1.807) is 0 Å². The predicted octanol–water partition coefficient (Wildman–Crippen LogP) is 1.82. The molecule has 0 aliphatic rings. The third-order valence-corrected chi connectivity index (χ3v) is 2.93. The van der Waals surface area contributed by atoms with Crippen LogP contribution < -0.4 is 15.8 Å². The van der Waals surface area contributed by atoms with Crippen molar-refractivity contribution in [2.24, 2.45) is 0 Å². The molecule has 2 heterocycles. The Hall–Kier alpha value is -2.35. The lowest BCUT2D eigenvalue weighted by Crippen LogP contribution is -2.16. The first-order valence-electron chi connectivity index (χ1n) is 6.16. The zero-order valence-corrected chi connectivity index (χ0v) is 12.5. The minimum absolute atomic E-state index is 0.0119. The third-order valence-electron chi connectivity index (χ3n) is 2.73. The molecule has 0 aliphatic heterocycles. The molecule has 9 heteroatoms. The van der Waals surface area contributed by atoms with Crippen molar-refractivity contribution in [1.29, 1.82) is 0 Å². The van der Waals surface area contributed by atoms with Crippen molar-refractivity contribution in [2.45, 2.75) is 19.8 Å². The number of halogens is 1. The molecular weight excluding hydrogens is 296 g/mol. The summed E-state index contributed by atoms with van der Waals surface area (Å²) >= 11 is 5.81. The van der Waals surface area contributed by atoms with E-state index in [9.17, 15) is 4.79 Å². The van der Waals surface area contributed by atoms with Crippen molar-refractivity contribution < 1.29 is 9.53 Å². The fraction of sp³-hybridized carbons (Fsp3) is 0.333. The number of carbonyl (C=O) groups is 1. The van der Waals surface area contributed by atoms with Crippen LogP contribution in [0.15, 0.2) is 6.07 Å². The quantitative estimate of drug-likeness (QED) is 0.741. The lowest BCUT2D eigenvalue weighted by molar-refractivity contribution is 0.102. The van der Waals surface area contributed by atoms with Gasteiger partial charge in [-0.3, -0.25) is 15.2 Å². The Morgan fingerprint density at radius 1 is 1.48 bits per heavy atom. The Bertz CT molecular complexity index is 670. The molecule has 2 aromatic rings. The SMILES string of the molecule is COc1cc(Cl)nc(NC(=O)c2n[nH]c(C(C)C)c2N)n1. The van der Waals surface area contributed by atoms with E-state index in [1.807, 2.05) is 13.8 Å². The first kappa shape index (κ1) is 15.0. The van der Waals surface area contributed by atoms with Gasteiger partial charge in [-0.05, 0) is 5.92 Å². The van der Waals surface area contributed by atoms with Gasteiger partial charge in [0.15, 0.2) is 5.69 Å². The molecule has 0 atom stereocenters. The topological polar surface area (TPSA) is 119 Å². The number of amides is 1. The van der Waals surface area contributed by atoms with Crippen molar-refractivity contribution in [1.82, 2.24) is 20.2 Å². The van der Waals surface area contributed by atoms with Crippen LogP contribution in [-0.4, -0.2) is 33.2 Å². The van der Waals surface area contributed by atoms with Gasteiger partial charge in [0.1, 0.15) is 5.15 Å². The number of nitrogen functional groups attached to an aromatic ring is 1. The number of nitrogens with zero attached hydrogens (tertiary/aromatic N) is 3. The largest absolute Gasteiger partial charge is 0.481 e. The van der Waals surface area contributed by atoms with Crippen molar-refractivity contribution in [3.8, 4) is 5.88 Å². The maximum Gasteiger partial charge on any atom is 0.280 e. The molecule has 0 aliphatic carbocycles. The van der Waals surface area contributed by atoms with Crippen molar-refractivity contribution in [3.05, 3.63) is 22.6 Å². The Morgan fingerprint density at radius 2 is 2.19 bits per heavy atom. The third kappa shape index (κ3) is 3.22. The monoisotopic (exact) mass is 310 g/mol. The van der Waals surface area contributed by atoms with Crippen LogP contribution in [-0.2, 0) is 0 Å². The van der Waals surface area contributed by atoms with Gasteiger partial charge in [0.25, 0.3) is 5.91 Å². The molecular formula is C12H15ClN6O2. The van der Waals surface area contributed by atoms with Gasteiger partial charge in [-0.1, -0.05) is 25.4 Å². The Labute approximate surface area is 126 Å². The molecule has 8 nitrogen and oxygen atoms in total. The van der Waals surface area contributed by atoms with E-state index in [-0.39, 0.29) is 28.6 Å². The van der Waals surface area contributed by atoms with E-state index < -0.39 is 5.91 Å². The van der Waals surface area contributed by atoms with Gasteiger partial charge >= 0.3 is 0 Å². The summed E-state index contributed by atoms with van der Waals surface area (Å²) in [5.74, 6) is -0.150. The lowest BCUT2D eigenvalue weighted by atomic mass is 10.1. The van der Waals surface area contributed by atoms with Gasteiger partial charge in [-0.15, -0.1) is 0 Å². The second kappa shape index (κ2) is 5.96. The van der Waals surface area contributed by atoms with Gasteiger partial charge in [0, 0.05) is 6.07 Å². The number of hydrogen-bond acceptors (Lipinski definition) is 6. The predicted molar refractivity (Wildman–Crippen MR) is 78.6 cm³/mol. The summed E-state index contributed by atoms with van der Waals surface area (Å²) in [7, 11) is 1.44. The summed E-state index contributed by atoms with van der Waals surface area (Å²) in [5.41, 5.74) is 6.98. The van der Waals surface area contributed by atoms with E-state index >= 15 is 0 Å². The number of hydrogen-bond donors (Lipinski definition) is 3. The molecule has 2 rings (SSSR count). The second-order valence-electron chi connectivity index (χ2n) is 4.57. The van der Waals surface area contributed by atoms with E-state index in [2.05, 4.69) is 25.5 Å². The lowest BCUT2D eigenvalue weighted by Gasteiger charge is -2.05. The first-order chi connectivity index (χ1) is 9.92. The van der Waals surface area contributed by atoms with Gasteiger partial charge < -0.3 is 10.5 Å². The highest BCUT2D eigenvalue weighted by Gasteiger charge is 2.20. The standard InChI is InChI=1S/C12H15ClN6O2/c1-5(2)9-8(14)10(19-18-9)11(20)17-12-15-6(13)4-7(16-12)21-3/h4-5H,14H2,1-3H3,(H,18,19)(H,15,16,17,20).